The van der Waals surface area contributed by atoms with E-state index < -0.39 is 0 Å². The molecular formula is C17H23N3O2. The van der Waals surface area contributed by atoms with Crippen LogP contribution >= 0.6 is 0 Å². The molecule has 22 heavy (non-hydrogen) atoms. The zero-order valence-electron chi connectivity index (χ0n) is 12.9. The molecule has 2 amide bonds. The van der Waals surface area contributed by atoms with Crippen LogP contribution in [0, 0.1) is 11.8 Å². The predicted molar refractivity (Wildman–Crippen MR) is 85.7 cm³/mol. The lowest BCUT2D eigenvalue weighted by molar-refractivity contribution is -0.117. The van der Waals surface area contributed by atoms with Crippen LogP contribution in [0.5, 0.6) is 0 Å². The predicted octanol–water partition coefficient (Wildman–Crippen LogP) is 1.76. The SMILES string of the molecule is CC1CNCCC1NC(=O)c1ccc(NC(=O)C2CC2)cc1. The summed E-state index contributed by atoms with van der Waals surface area (Å²) in [6.07, 6.45) is 2.93. The van der Waals surface area contributed by atoms with Gasteiger partial charge in [0.15, 0.2) is 0 Å². The summed E-state index contributed by atoms with van der Waals surface area (Å²) >= 11 is 0. The Kier molecular flexibility index (Phi) is 4.43. The Morgan fingerprint density at radius 2 is 1.86 bits per heavy atom. The van der Waals surface area contributed by atoms with E-state index in [1.165, 1.54) is 0 Å². The molecule has 0 radical (unpaired) electrons. The maximum atomic E-state index is 12.3. The van der Waals surface area contributed by atoms with Crippen molar-refractivity contribution in [3.63, 3.8) is 0 Å². The molecule has 2 aliphatic rings. The molecule has 5 nitrogen and oxygen atoms in total. The van der Waals surface area contributed by atoms with Crippen LogP contribution in [0.1, 0.15) is 36.5 Å². The Hall–Kier alpha value is -1.88. The topological polar surface area (TPSA) is 70.2 Å². The molecule has 0 bridgehead atoms. The maximum absolute atomic E-state index is 12.3. The Balaban J connectivity index is 1.57. The third-order valence-corrected chi connectivity index (χ3v) is 4.46. The fourth-order valence-corrected chi connectivity index (χ4v) is 2.77. The summed E-state index contributed by atoms with van der Waals surface area (Å²) in [5.41, 5.74) is 1.39. The van der Waals surface area contributed by atoms with Crippen LogP contribution in [-0.2, 0) is 4.79 Å². The van der Waals surface area contributed by atoms with Gasteiger partial charge < -0.3 is 16.0 Å². The molecule has 1 aromatic carbocycles. The van der Waals surface area contributed by atoms with Gasteiger partial charge in [-0.05, 0) is 62.5 Å². The molecule has 3 N–H and O–H groups in total. The summed E-state index contributed by atoms with van der Waals surface area (Å²) in [5.74, 6) is 0.665. The van der Waals surface area contributed by atoms with Gasteiger partial charge in [0.1, 0.15) is 0 Å². The molecule has 2 atom stereocenters. The summed E-state index contributed by atoms with van der Waals surface area (Å²) < 4.78 is 0. The van der Waals surface area contributed by atoms with Crippen molar-refractivity contribution in [2.24, 2.45) is 11.8 Å². The van der Waals surface area contributed by atoms with Crippen molar-refractivity contribution >= 4 is 17.5 Å². The first-order valence-corrected chi connectivity index (χ1v) is 8.06. The lowest BCUT2D eigenvalue weighted by Crippen LogP contribution is -2.48. The number of carbonyl (C=O) groups excluding carboxylic acids is 2. The molecule has 1 aliphatic carbocycles. The van der Waals surface area contributed by atoms with E-state index in [-0.39, 0.29) is 23.8 Å². The molecule has 5 heteroatoms. The third kappa shape index (κ3) is 3.65. The van der Waals surface area contributed by atoms with Gasteiger partial charge in [-0.25, -0.2) is 0 Å². The van der Waals surface area contributed by atoms with Crippen LogP contribution in [0.25, 0.3) is 0 Å². The first kappa shape index (κ1) is 15.0. The van der Waals surface area contributed by atoms with Crippen LogP contribution in [0.15, 0.2) is 24.3 Å². The number of rotatable bonds is 4. The van der Waals surface area contributed by atoms with Crippen LogP contribution in [0.4, 0.5) is 5.69 Å². The highest BCUT2D eigenvalue weighted by Crippen LogP contribution is 2.30. The van der Waals surface area contributed by atoms with Gasteiger partial charge in [0.25, 0.3) is 5.91 Å². The molecular weight excluding hydrogens is 278 g/mol. The lowest BCUT2D eigenvalue weighted by Gasteiger charge is -2.30. The number of benzene rings is 1. The summed E-state index contributed by atoms with van der Waals surface area (Å²) in [6, 6.07) is 7.35. The van der Waals surface area contributed by atoms with E-state index >= 15 is 0 Å². The first-order valence-electron chi connectivity index (χ1n) is 8.06. The van der Waals surface area contributed by atoms with Crippen molar-refractivity contribution in [2.75, 3.05) is 18.4 Å². The molecule has 1 saturated heterocycles. The molecule has 1 aromatic rings. The van der Waals surface area contributed by atoms with Gasteiger partial charge in [-0.1, -0.05) is 6.92 Å². The van der Waals surface area contributed by atoms with E-state index in [2.05, 4.69) is 22.9 Å². The van der Waals surface area contributed by atoms with E-state index in [0.717, 1.165) is 38.0 Å². The van der Waals surface area contributed by atoms with E-state index in [0.29, 0.717) is 11.5 Å². The van der Waals surface area contributed by atoms with Crippen molar-refractivity contribution in [2.45, 2.75) is 32.2 Å². The molecule has 0 spiro atoms. The first-order chi connectivity index (χ1) is 10.6. The van der Waals surface area contributed by atoms with Crippen molar-refractivity contribution in [3.8, 4) is 0 Å². The molecule has 1 saturated carbocycles. The monoisotopic (exact) mass is 301 g/mol. The van der Waals surface area contributed by atoms with Crippen LogP contribution in [0.3, 0.4) is 0 Å². The molecule has 2 fully saturated rings. The number of amides is 2. The van der Waals surface area contributed by atoms with Gasteiger partial charge in [0.2, 0.25) is 5.91 Å². The van der Waals surface area contributed by atoms with Gasteiger partial charge in [-0.2, -0.15) is 0 Å². The molecule has 118 valence electrons. The van der Waals surface area contributed by atoms with E-state index in [1.807, 2.05) is 0 Å². The number of piperidine rings is 1. The minimum atomic E-state index is -0.0428. The Bertz CT molecular complexity index is 552. The summed E-state index contributed by atoms with van der Waals surface area (Å²) in [4.78, 5) is 24.0. The van der Waals surface area contributed by atoms with Crippen LogP contribution in [-0.4, -0.2) is 30.9 Å². The number of anilines is 1. The van der Waals surface area contributed by atoms with Crippen LogP contribution < -0.4 is 16.0 Å². The zero-order valence-corrected chi connectivity index (χ0v) is 12.9. The smallest absolute Gasteiger partial charge is 0.251 e. The quantitative estimate of drug-likeness (QED) is 0.793. The highest BCUT2D eigenvalue weighted by Gasteiger charge is 2.29. The Morgan fingerprint density at radius 3 is 2.50 bits per heavy atom. The van der Waals surface area contributed by atoms with Crippen LogP contribution in [0.2, 0.25) is 0 Å². The Labute approximate surface area is 130 Å². The summed E-state index contributed by atoms with van der Waals surface area (Å²) in [7, 11) is 0. The average Bonchev–Trinajstić information content (AvgIpc) is 3.35. The summed E-state index contributed by atoms with van der Waals surface area (Å²) in [6.45, 7) is 4.03. The molecule has 1 aliphatic heterocycles. The highest BCUT2D eigenvalue weighted by molar-refractivity contribution is 5.96. The minimum Gasteiger partial charge on any atom is -0.349 e. The normalized spacial score (nSPS) is 24.6. The van der Waals surface area contributed by atoms with Gasteiger partial charge in [-0.3, -0.25) is 9.59 Å². The third-order valence-electron chi connectivity index (χ3n) is 4.46. The number of carbonyl (C=O) groups is 2. The largest absolute Gasteiger partial charge is 0.349 e. The van der Waals surface area contributed by atoms with Crippen molar-refractivity contribution < 1.29 is 9.59 Å². The molecule has 1 heterocycles. The average molecular weight is 301 g/mol. The van der Waals surface area contributed by atoms with Gasteiger partial charge in [0, 0.05) is 23.2 Å². The van der Waals surface area contributed by atoms with Gasteiger partial charge in [0.05, 0.1) is 0 Å². The second-order valence-corrected chi connectivity index (χ2v) is 6.39. The number of hydrogen-bond acceptors (Lipinski definition) is 3. The second-order valence-electron chi connectivity index (χ2n) is 6.39. The van der Waals surface area contributed by atoms with Crippen molar-refractivity contribution in [1.82, 2.24) is 10.6 Å². The molecule has 0 aromatic heterocycles. The van der Waals surface area contributed by atoms with Gasteiger partial charge in [-0.15, -0.1) is 0 Å². The second kappa shape index (κ2) is 6.48. The minimum absolute atomic E-state index is 0.0428. The number of nitrogens with one attached hydrogen (secondary N) is 3. The van der Waals surface area contributed by atoms with E-state index in [1.54, 1.807) is 24.3 Å². The van der Waals surface area contributed by atoms with Crippen molar-refractivity contribution in [3.05, 3.63) is 29.8 Å². The standard InChI is InChI=1S/C17H23N3O2/c1-11-10-18-9-8-15(11)20-17(22)13-4-6-14(7-5-13)19-16(21)12-2-3-12/h4-7,11-12,15,18H,2-3,8-10H2,1H3,(H,19,21)(H,20,22). The van der Waals surface area contributed by atoms with E-state index in [9.17, 15) is 9.59 Å². The van der Waals surface area contributed by atoms with E-state index in [4.69, 9.17) is 0 Å². The lowest BCUT2D eigenvalue weighted by atomic mass is 9.95. The summed E-state index contributed by atoms with van der Waals surface area (Å²) in [5, 5.41) is 9.31. The molecule has 2 unspecified atom stereocenters. The highest BCUT2D eigenvalue weighted by atomic mass is 16.2. The molecule has 3 rings (SSSR count). The zero-order chi connectivity index (χ0) is 15.5. The maximum Gasteiger partial charge on any atom is 0.251 e. The fraction of sp³-hybridized carbons (Fsp3) is 0.529. The van der Waals surface area contributed by atoms with Gasteiger partial charge >= 0.3 is 0 Å². The number of hydrogen-bond donors (Lipinski definition) is 3. The Morgan fingerprint density at radius 1 is 1.14 bits per heavy atom. The van der Waals surface area contributed by atoms with Crippen molar-refractivity contribution in [1.29, 1.82) is 0 Å². The fourth-order valence-electron chi connectivity index (χ4n) is 2.77.